The maximum Gasteiger partial charge on any atom is 0.196 e. The fraction of sp³-hybridized carbons (Fsp3) is 0.167. The highest BCUT2D eigenvalue weighted by atomic mass is 32.2. The largest absolute Gasteiger partial charge is 0.497 e. The molecule has 3 rings (SSSR count). The monoisotopic (exact) mass is 375 g/mol. The molecule has 2 aromatic carbocycles. The van der Waals surface area contributed by atoms with Gasteiger partial charge >= 0.3 is 0 Å². The summed E-state index contributed by atoms with van der Waals surface area (Å²) in [6, 6.07) is 10.4. The predicted octanol–water partition coefficient (Wildman–Crippen LogP) is 3.92. The fourth-order valence-electron chi connectivity index (χ4n) is 2.32. The molecule has 0 N–H and O–H groups in total. The number of methoxy groups -OCH3 is 1. The van der Waals surface area contributed by atoms with E-state index in [1.54, 1.807) is 37.1 Å². The first-order valence-electron chi connectivity index (χ1n) is 7.70. The summed E-state index contributed by atoms with van der Waals surface area (Å²) >= 11 is 1.19. The van der Waals surface area contributed by atoms with Crippen molar-refractivity contribution >= 4 is 17.5 Å². The zero-order valence-corrected chi connectivity index (χ0v) is 14.8. The molecule has 0 radical (unpaired) electrons. The van der Waals surface area contributed by atoms with Crippen LogP contribution in [-0.2, 0) is 0 Å². The zero-order valence-electron chi connectivity index (χ0n) is 14.0. The third-order valence-corrected chi connectivity index (χ3v) is 4.78. The summed E-state index contributed by atoms with van der Waals surface area (Å²) in [5.41, 5.74) is 0.921. The highest BCUT2D eigenvalue weighted by Gasteiger charge is 2.21. The van der Waals surface area contributed by atoms with Gasteiger partial charge in [-0.3, -0.25) is 9.36 Å². The molecule has 0 saturated carbocycles. The van der Waals surface area contributed by atoms with Gasteiger partial charge < -0.3 is 4.74 Å². The van der Waals surface area contributed by atoms with E-state index < -0.39 is 16.9 Å². The Kier molecular flexibility index (Phi) is 5.32. The van der Waals surface area contributed by atoms with E-state index in [-0.39, 0.29) is 11.3 Å². The molecule has 26 heavy (non-hydrogen) atoms. The van der Waals surface area contributed by atoms with Gasteiger partial charge in [-0.05, 0) is 49.4 Å². The molecule has 0 spiro atoms. The maximum absolute atomic E-state index is 13.4. The highest BCUT2D eigenvalue weighted by molar-refractivity contribution is 8.00. The van der Waals surface area contributed by atoms with Gasteiger partial charge in [0.1, 0.15) is 12.1 Å². The summed E-state index contributed by atoms with van der Waals surface area (Å²) in [7, 11) is 1.58. The molecule has 3 aromatic rings. The first kappa shape index (κ1) is 18.1. The lowest BCUT2D eigenvalue weighted by Crippen LogP contribution is -2.15. The molecule has 0 aliphatic carbocycles. The molecular weight excluding hydrogens is 360 g/mol. The molecule has 1 atom stereocenters. The Morgan fingerprint density at radius 3 is 2.54 bits per heavy atom. The first-order valence-corrected chi connectivity index (χ1v) is 8.58. The Morgan fingerprint density at radius 2 is 1.88 bits per heavy atom. The molecule has 1 aromatic heterocycles. The second kappa shape index (κ2) is 7.65. The van der Waals surface area contributed by atoms with Gasteiger partial charge in [0.25, 0.3) is 0 Å². The molecule has 0 unspecified atom stereocenters. The molecule has 0 saturated heterocycles. The van der Waals surface area contributed by atoms with Crippen molar-refractivity contribution in [3.8, 4) is 11.4 Å². The summed E-state index contributed by atoms with van der Waals surface area (Å²) < 4.78 is 33.3. The number of rotatable bonds is 6. The van der Waals surface area contributed by atoms with E-state index >= 15 is 0 Å². The van der Waals surface area contributed by atoms with Gasteiger partial charge in [-0.25, -0.2) is 8.78 Å². The highest BCUT2D eigenvalue weighted by Crippen LogP contribution is 2.27. The Morgan fingerprint density at radius 1 is 1.15 bits per heavy atom. The Labute approximate surface area is 153 Å². The molecule has 0 amide bonds. The standard InChI is InChI=1S/C18H15F2N3O2S/c1-11(17(24)12-3-8-15(19)16(20)9-12)26-18-22-21-10-23(18)13-4-6-14(25-2)7-5-13/h3-11H,1-2H3/t11-/m1/s1. The van der Waals surface area contributed by atoms with Crippen LogP contribution in [0.15, 0.2) is 53.9 Å². The van der Waals surface area contributed by atoms with Crippen molar-refractivity contribution in [2.45, 2.75) is 17.3 Å². The molecule has 0 fully saturated rings. The minimum absolute atomic E-state index is 0.111. The number of ether oxygens (including phenoxy) is 1. The quantitative estimate of drug-likeness (QED) is 0.483. The van der Waals surface area contributed by atoms with E-state index in [0.717, 1.165) is 23.6 Å². The van der Waals surface area contributed by atoms with Crippen molar-refractivity contribution in [1.82, 2.24) is 14.8 Å². The Balaban J connectivity index is 1.79. The second-order valence-corrected chi connectivity index (χ2v) is 6.74. The third kappa shape index (κ3) is 3.75. The van der Waals surface area contributed by atoms with Crippen molar-refractivity contribution in [2.75, 3.05) is 7.11 Å². The van der Waals surface area contributed by atoms with Gasteiger partial charge in [-0.1, -0.05) is 11.8 Å². The van der Waals surface area contributed by atoms with Gasteiger partial charge in [0.2, 0.25) is 0 Å². The average Bonchev–Trinajstić information content (AvgIpc) is 3.11. The molecule has 8 heteroatoms. The fourth-order valence-corrected chi connectivity index (χ4v) is 3.24. The lowest BCUT2D eigenvalue weighted by atomic mass is 10.1. The van der Waals surface area contributed by atoms with Crippen molar-refractivity contribution in [3.63, 3.8) is 0 Å². The van der Waals surface area contributed by atoms with E-state index in [1.165, 1.54) is 17.8 Å². The minimum atomic E-state index is -1.05. The number of benzene rings is 2. The minimum Gasteiger partial charge on any atom is -0.497 e. The first-order chi connectivity index (χ1) is 12.5. The van der Waals surface area contributed by atoms with Crippen LogP contribution in [0.1, 0.15) is 17.3 Å². The number of thioether (sulfide) groups is 1. The molecule has 134 valence electrons. The van der Waals surface area contributed by atoms with Crippen LogP contribution in [0.3, 0.4) is 0 Å². The summed E-state index contributed by atoms with van der Waals surface area (Å²) in [6.07, 6.45) is 1.54. The van der Waals surface area contributed by atoms with Crippen LogP contribution >= 0.6 is 11.8 Å². The number of ketones is 1. The lowest BCUT2D eigenvalue weighted by molar-refractivity contribution is 0.0993. The zero-order chi connectivity index (χ0) is 18.7. The third-order valence-electron chi connectivity index (χ3n) is 3.72. The van der Waals surface area contributed by atoms with Crippen molar-refractivity contribution in [2.24, 2.45) is 0 Å². The van der Waals surface area contributed by atoms with E-state index in [2.05, 4.69) is 10.2 Å². The second-order valence-electron chi connectivity index (χ2n) is 5.43. The van der Waals surface area contributed by atoms with Crippen LogP contribution in [0.25, 0.3) is 5.69 Å². The van der Waals surface area contributed by atoms with E-state index in [4.69, 9.17) is 4.74 Å². The van der Waals surface area contributed by atoms with Gasteiger partial charge in [-0.15, -0.1) is 10.2 Å². The van der Waals surface area contributed by atoms with Crippen molar-refractivity contribution in [1.29, 1.82) is 0 Å². The number of carbonyl (C=O) groups is 1. The number of halogens is 2. The summed E-state index contributed by atoms with van der Waals surface area (Å²) in [5.74, 6) is -1.63. The van der Waals surface area contributed by atoms with Gasteiger partial charge in [0.15, 0.2) is 22.6 Å². The van der Waals surface area contributed by atoms with Crippen LogP contribution in [0.4, 0.5) is 8.78 Å². The van der Waals surface area contributed by atoms with Crippen LogP contribution in [0, 0.1) is 11.6 Å². The smallest absolute Gasteiger partial charge is 0.196 e. The number of Topliss-reactive ketones (excluding diaryl/α,β-unsaturated/α-hetero) is 1. The SMILES string of the molecule is COc1ccc(-n2cnnc2S[C@H](C)C(=O)c2ccc(F)c(F)c2)cc1. The number of nitrogens with zero attached hydrogens (tertiary/aromatic N) is 3. The molecule has 0 aliphatic heterocycles. The maximum atomic E-state index is 13.4. The number of aromatic nitrogens is 3. The predicted molar refractivity (Wildman–Crippen MR) is 93.9 cm³/mol. The molecule has 0 bridgehead atoms. The Bertz CT molecular complexity index is 928. The summed E-state index contributed by atoms with van der Waals surface area (Å²) in [5, 5.41) is 7.89. The molecule has 1 heterocycles. The Hall–Kier alpha value is -2.74. The van der Waals surface area contributed by atoms with Gasteiger partial charge in [0.05, 0.1) is 12.4 Å². The lowest BCUT2D eigenvalue weighted by Gasteiger charge is -2.11. The van der Waals surface area contributed by atoms with Gasteiger partial charge in [0, 0.05) is 11.3 Å². The molecule has 5 nitrogen and oxygen atoms in total. The molecule has 0 aliphatic rings. The molecular formula is C18H15F2N3O2S. The van der Waals surface area contributed by atoms with Crippen LogP contribution in [-0.4, -0.2) is 32.9 Å². The van der Waals surface area contributed by atoms with Crippen LogP contribution < -0.4 is 4.74 Å². The number of hydrogen-bond donors (Lipinski definition) is 0. The summed E-state index contributed by atoms with van der Waals surface area (Å²) in [6.45, 7) is 1.68. The van der Waals surface area contributed by atoms with Crippen LogP contribution in [0.5, 0.6) is 5.75 Å². The average molecular weight is 375 g/mol. The van der Waals surface area contributed by atoms with Crippen molar-refractivity contribution in [3.05, 3.63) is 66.0 Å². The van der Waals surface area contributed by atoms with E-state index in [0.29, 0.717) is 5.16 Å². The number of carbonyl (C=O) groups excluding carboxylic acids is 1. The van der Waals surface area contributed by atoms with E-state index in [9.17, 15) is 13.6 Å². The van der Waals surface area contributed by atoms with E-state index in [1.807, 2.05) is 12.1 Å². The normalized spacial score (nSPS) is 12.0. The topological polar surface area (TPSA) is 57.0 Å². The summed E-state index contributed by atoms with van der Waals surface area (Å²) in [4.78, 5) is 12.5. The van der Waals surface area contributed by atoms with Crippen LogP contribution in [0.2, 0.25) is 0 Å². The number of hydrogen-bond acceptors (Lipinski definition) is 5. The van der Waals surface area contributed by atoms with Gasteiger partial charge in [-0.2, -0.15) is 0 Å². The van der Waals surface area contributed by atoms with Crippen molar-refractivity contribution < 1.29 is 18.3 Å².